The van der Waals surface area contributed by atoms with Crippen molar-refractivity contribution in [1.82, 2.24) is 0 Å². The summed E-state index contributed by atoms with van der Waals surface area (Å²) in [4.78, 5) is 0. The molecule has 0 bridgehead atoms. The lowest BCUT2D eigenvalue weighted by Crippen LogP contribution is -2.42. The van der Waals surface area contributed by atoms with E-state index in [1.807, 2.05) is 0 Å². The number of methoxy groups -OCH3 is 2. The molecule has 0 spiro atoms. The van der Waals surface area contributed by atoms with Crippen LogP contribution in [0.25, 0.3) is 0 Å². The van der Waals surface area contributed by atoms with E-state index in [4.69, 9.17) is 14.2 Å². The van der Waals surface area contributed by atoms with Crippen molar-refractivity contribution in [3.8, 4) is 11.5 Å². The van der Waals surface area contributed by atoms with Gasteiger partial charge in [-0.2, -0.15) is 0 Å². The van der Waals surface area contributed by atoms with E-state index in [2.05, 4.69) is 48.5 Å². The first-order valence-electron chi connectivity index (χ1n) is 8.17. The van der Waals surface area contributed by atoms with Crippen LogP contribution in [-0.4, -0.2) is 27.4 Å². The average Bonchev–Trinajstić information content (AvgIpc) is 3.00. The molecule has 0 radical (unpaired) electrons. The summed E-state index contributed by atoms with van der Waals surface area (Å²) >= 11 is 0. The Hall–Kier alpha value is -2.00. The van der Waals surface area contributed by atoms with Gasteiger partial charge in [0.2, 0.25) is 0 Å². The van der Waals surface area contributed by atoms with Gasteiger partial charge in [-0.25, -0.2) is 0 Å². The fourth-order valence-electron chi connectivity index (χ4n) is 4.28. The molecular formula is C20H22O3. The van der Waals surface area contributed by atoms with Crippen molar-refractivity contribution in [1.29, 1.82) is 0 Å². The molecule has 23 heavy (non-hydrogen) atoms. The van der Waals surface area contributed by atoms with Crippen molar-refractivity contribution in [2.45, 2.75) is 11.8 Å². The maximum atomic E-state index is 5.78. The molecule has 2 unspecified atom stereocenters. The molecule has 4 rings (SSSR count). The lowest BCUT2D eigenvalue weighted by Gasteiger charge is -2.48. The molecule has 3 nitrogen and oxygen atoms in total. The molecule has 2 fully saturated rings. The highest BCUT2D eigenvalue weighted by Crippen LogP contribution is 2.60. The van der Waals surface area contributed by atoms with Gasteiger partial charge in [0, 0.05) is 0 Å². The first-order chi connectivity index (χ1) is 11.3. The number of ether oxygens (including phenoxy) is 3. The van der Waals surface area contributed by atoms with E-state index in [1.165, 1.54) is 11.1 Å². The van der Waals surface area contributed by atoms with E-state index >= 15 is 0 Å². The zero-order chi connectivity index (χ0) is 15.8. The summed E-state index contributed by atoms with van der Waals surface area (Å²) in [6.07, 6.45) is 0. The maximum Gasteiger partial charge on any atom is 0.118 e. The predicted molar refractivity (Wildman–Crippen MR) is 89.3 cm³/mol. The van der Waals surface area contributed by atoms with E-state index in [9.17, 15) is 0 Å². The second-order valence-electron chi connectivity index (χ2n) is 6.46. The zero-order valence-corrected chi connectivity index (χ0v) is 13.6. The predicted octanol–water partition coefficient (Wildman–Crippen LogP) is 3.85. The molecule has 1 aliphatic carbocycles. The highest BCUT2D eigenvalue weighted by Gasteiger charge is 2.54. The van der Waals surface area contributed by atoms with Crippen LogP contribution in [0.5, 0.6) is 11.5 Å². The van der Waals surface area contributed by atoms with Crippen LogP contribution < -0.4 is 9.47 Å². The quantitative estimate of drug-likeness (QED) is 0.858. The molecule has 0 amide bonds. The van der Waals surface area contributed by atoms with Gasteiger partial charge in [-0.1, -0.05) is 24.3 Å². The molecular weight excluding hydrogens is 288 g/mol. The molecule has 0 N–H and O–H groups in total. The third kappa shape index (κ3) is 2.40. The Morgan fingerprint density at radius 2 is 1.09 bits per heavy atom. The summed E-state index contributed by atoms with van der Waals surface area (Å²) in [7, 11) is 3.42. The largest absolute Gasteiger partial charge is 0.497 e. The molecule has 3 heteroatoms. The van der Waals surface area contributed by atoms with Crippen molar-refractivity contribution in [2.24, 2.45) is 11.8 Å². The monoisotopic (exact) mass is 310 g/mol. The van der Waals surface area contributed by atoms with Crippen LogP contribution in [0.3, 0.4) is 0 Å². The number of rotatable bonds is 4. The molecule has 0 aromatic heterocycles. The van der Waals surface area contributed by atoms with Crippen LogP contribution in [0.15, 0.2) is 48.5 Å². The summed E-state index contributed by atoms with van der Waals surface area (Å²) in [5.74, 6) is 4.15. The summed E-state index contributed by atoms with van der Waals surface area (Å²) in [5.41, 5.74) is 2.77. The fraction of sp³-hybridized carbons (Fsp3) is 0.400. The third-order valence-corrected chi connectivity index (χ3v) is 5.48. The van der Waals surface area contributed by atoms with Crippen LogP contribution in [0.1, 0.15) is 23.0 Å². The lowest BCUT2D eigenvalue weighted by atomic mass is 9.54. The van der Waals surface area contributed by atoms with Crippen LogP contribution >= 0.6 is 0 Å². The minimum Gasteiger partial charge on any atom is -0.497 e. The maximum absolute atomic E-state index is 5.78. The molecule has 1 heterocycles. The molecule has 4 atom stereocenters. The highest BCUT2D eigenvalue weighted by atomic mass is 16.5. The number of hydrogen-bond acceptors (Lipinski definition) is 3. The van der Waals surface area contributed by atoms with Gasteiger partial charge in [0.05, 0.1) is 27.4 Å². The van der Waals surface area contributed by atoms with Crippen molar-refractivity contribution >= 4 is 0 Å². The first-order valence-corrected chi connectivity index (χ1v) is 8.17. The van der Waals surface area contributed by atoms with Crippen molar-refractivity contribution < 1.29 is 14.2 Å². The smallest absolute Gasteiger partial charge is 0.118 e. The van der Waals surface area contributed by atoms with Crippen LogP contribution in [0.2, 0.25) is 0 Å². The molecule has 1 saturated heterocycles. The molecule has 2 aromatic carbocycles. The second-order valence-corrected chi connectivity index (χ2v) is 6.46. The van der Waals surface area contributed by atoms with Gasteiger partial charge < -0.3 is 14.2 Å². The van der Waals surface area contributed by atoms with Gasteiger partial charge in [0.1, 0.15) is 11.5 Å². The summed E-state index contributed by atoms with van der Waals surface area (Å²) in [6.45, 7) is 1.77. The molecule has 1 saturated carbocycles. The van der Waals surface area contributed by atoms with Gasteiger partial charge in [-0.15, -0.1) is 0 Å². The van der Waals surface area contributed by atoms with Crippen molar-refractivity contribution in [3.05, 3.63) is 59.7 Å². The van der Waals surface area contributed by atoms with E-state index in [1.54, 1.807) is 14.2 Å². The van der Waals surface area contributed by atoms with Crippen molar-refractivity contribution in [2.75, 3.05) is 27.4 Å². The Bertz CT molecular complexity index is 603. The topological polar surface area (TPSA) is 27.7 Å². The first kappa shape index (κ1) is 14.6. The number of hydrogen-bond donors (Lipinski definition) is 0. The number of fused-ring (bicyclic) bond motifs is 1. The van der Waals surface area contributed by atoms with E-state index in [0.29, 0.717) is 23.7 Å². The Morgan fingerprint density at radius 1 is 0.696 bits per heavy atom. The average molecular weight is 310 g/mol. The Labute approximate surface area is 137 Å². The fourth-order valence-corrected chi connectivity index (χ4v) is 4.28. The Morgan fingerprint density at radius 3 is 1.43 bits per heavy atom. The van der Waals surface area contributed by atoms with Gasteiger partial charge >= 0.3 is 0 Å². The van der Waals surface area contributed by atoms with Crippen LogP contribution in [-0.2, 0) is 4.74 Å². The van der Waals surface area contributed by atoms with Crippen LogP contribution in [0, 0.1) is 11.8 Å². The van der Waals surface area contributed by atoms with E-state index in [-0.39, 0.29) is 0 Å². The molecule has 2 aliphatic rings. The normalized spacial score (nSPS) is 28.8. The van der Waals surface area contributed by atoms with Crippen LogP contribution in [0.4, 0.5) is 0 Å². The van der Waals surface area contributed by atoms with Gasteiger partial charge in [0.25, 0.3) is 0 Å². The Kier molecular flexibility index (Phi) is 3.74. The van der Waals surface area contributed by atoms with Crippen molar-refractivity contribution in [3.63, 3.8) is 0 Å². The third-order valence-electron chi connectivity index (χ3n) is 5.48. The van der Waals surface area contributed by atoms with Gasteiger partial charge in [-0.3, -0.25) is 0 Å². The van der Waals surface area contributed by atoms with E-state index in [0.717, 1.165) is 24.7 Å². The minimum absolute atomic E-state index is 0.529. The summed E-state index contributed by atoms with van der Waals surface area (Å²) < 4.78 is 16.3. The van der Waals surface area contributed by atoms with Gasteiger partial charge in [-0.05, 0) is 59.1 Å². The molecule has 120 valence electrons. The Balaban J connectivity index is 1.65. The zero-order valence-electron chi connectivity index (χ0n) is 13.6. The van der Waals surface area contributed by atoms with E-state index < -0.39 is 0 Å². The number of benzene rings is 2. The lowest BCUT2D eigenvalue weighted by molar-refractivity contribution is 0.142. The SMILES string of the molecule is COc1ccc([C@@H]2C3COCC3[C@@H]2c2ccc(OC)cc2)cc1. The standard InChI is InChI=1S/C20H22O3/c1-21-15-7-3-13(4-8-15)19-17-11-23-12-18(17)20(19)14-5-9-16(22-2)10-6-14/h3-10,17-20H,11-12H2,1-2H3/t17?,18?,19-,20+. The minimum atomic E-state index is 0.529. The molecule has 2 aromatic rings. The second kappa shape index (κ2) is 5.89. The summed E-state index contributed by atoms with van der Waals surface area (Å²) in [6, 6.07) is 17.0. The van der Waals surface area contributed by atoms with Gasteiger partial charge in [0.15, 0.2) is 0 Å². The molecule has 1 aliphatic heterocycles. The highest BCUT2D eigenvalue weighted by molar-refractivity contribution is 5.40. The summed E-state index contributed by atoms with van der Waals surface area (Å²) in [5, 5.41) is 0.